The summed E-state index contributed by atoms with van der Waals surface area (Å²) in [5.41, 5.74) is 4.74. The fourth-order valence-corrected chi connectivity index (χ4v) is 1.67. The van der Waals surface area contributed by atoms with Gasteiger partial charge in [0.1, 0.15) is 0 Å². The van der Waals surface area contributed by atoms with Gasteiger partial charge in [0.15, 0.2) is 0 Å². The Hall–Kier alpha value is 0.230. The SMILES string of the molecule is CSCC(C)(O)CNCCCN. The van der Waals surface area contributed by atoms with Crippen molar-refractivity contribution < 1.29 is 5.11 Å². The average Bonchev–Trinajstić information content (AvgIpc) is 1.98. The first-order valence-corrected chi connectivity index (χ1v) is 5.64. The maximum absolute atomic E-state index is 9.70. The minimum atomic E-state index is -0.589. The molecule has 1 atom stereocenters. The summed E-state index contributed by atoms with van der Waals surface area (Å²) in [7, 11) is 0. The standard InChI is InChI=1S/C8H20N2OS/c1-8(11,7-12-2)6-10-5-3-4-9/h10-11H,3-7,9H2,1-2H3. The predicted molar refractivity (Wildman–Crippen MR) is 55.5 cm³/mol. The van der Waals surface area contributed by atoms with Crippen LogP contribution in [0.3, 0.4) is 0 Å². The first-order chi connectivity index (χ1) is 5.62. The molecule has 4 heteroatoms. The molecule has 0 aromatic carbocycles. The van der Waals surface area contributed by atoms with Crippen molar-refractivity contribution in [2.75, 3.05) is 31.6 Å². The van der Waals surface area contributed by atoms with E-state index >= 15 is 0 Å². The van der Waals surface area contributed by atoms with Gasteiger partial charge in [-0.25, -0.2) is 0 Å². The molecule has 0 saturated carbocycles. The van der Waals surface area contributed by atoms with Gasteiger partial charge in [0.05, 0.1) is 5.60 Å². The Bertz CT molecular complexity index is 109. The number of nitrogens with one attached hydrogen (secondary N) is 1. The van der Waals surface area contributed by atoms with Crippen LogP contribution < -0.4 is 11.1 Å². The second-order valence-corrected chi connectivity index (χ2v) is 4.11. The van der Waals surface area contributed by atoms with Gasteiger partial charge >= 0.3 is 0 Å². The first-order valence-electron chi connectivity index (χ1n) is 4.24. The Kier molecular flexibility index (Phi) is 6.84. The van der Waals surface area contributed by atoms with Crippen molar-refractivity contribution in [1.82, 2.24) is 5.32 Å². The monoisotopic (exact) mass is 192 g/mol. The molecule has 0 fully saturated rings. The van der Waals surface area contributed by atoms with Crippen LogP contribution in [0, 0.1) is 0 Å². The topological polar surface area (TPSA) is 58.3 Å². The second kappa shape index (κ2) is 6.71. The van der Waals surface area contributed by atoms with Gasteiger partial charge in [0.25, 0.3) is 0 Å². The number of rotatable bonds is 7. The fourth-order valence-electron chi connectivity index (χ4n) is 0.947. The summed E-state index contributed by atoms with van der Waals surface area (Å²) in [4.78, 5) is 0. The van der Waals surface area contributed by atoms with E-state index in [1.54, 1.807) is 11.8 Å². The summed E-state index contributed by atoms with van der Waals surface area (Å²) >= 11 is 1.66. The van der Waals surface area contributed by atoms with Crippen molar-refractivity contribution in [3.8, 4) is 0 Å². The molecule has 0 aromatic heterocycles. The maximum Gasteiger partial charge on any atom is 0.0833 e. The third-order valence-corrected chi connectivity index (χ3v) is 2.43. The van der Waals surface area contributed by atoms with Gasteiger partial charge in [-0.15, -0.1) is 0 Å². The van der Waals surface area contributed by atoms with Crippen molar-refractivity contribution in [2.24, 2.45) is 5.73 Å². The second-order valence-electron chi connectivity index (χ2n) is 3.25. The number of nitrogens with two attached hydrogens (primary N) is 1. The molecule has 0 aliphatic carbocycles. The minimum Gasteiger partial charge on any atom is -0.388 e. The van der Waals surface area contributed by atoms with Gasteiger partial charge < -0.3 is 16.2 Å². The lowest BCUT2D eigenvalue weighted by molar-refractivity contribution is 0.0851. The van der Waals surface area contributed by atoms with Gasteiger partial charge in [0.2, 0.25) is 0 Å². The smallest absolute Gasteiger partial charge is 0.0833 e. The van der Waals surface area contributed by atoms with Gasteiger partial charge in [0, 0.05) is 12.3 Å². The first kappa shape index (κ1) is 12.2. The number of hydrogen-bond acceptors (Lipinski definition) is 4. The zero-order valence-corrected chi connectivity index (χ0v) is 8.78. The van der Waals surface area contributed by atoms with Crippen LogP contribution >= 0.6 is 11.8 Å². The van der Waals surface area contributed by atoms with Crippen LogP contribution in [0.15, 0.2) is 0 Å². The summed E-state index contributed by atoms with van der Waals surface area (Å²) in [6.07, 6.45) is 2.96. The fraction of sp³-hybridized carbons (Fsp3) is 1.00. The average molecular weight is 192 g/mol. The summed E-state index contributed by atoms with van der Waals surface area (Å²) < 4.78 is 0. The number of thioether (sulfide) groups is 1. The highest BCUT2D eigenvalue weighted by molar-refractivity contribution is 7.98. The minimum absolute atomic E-state index is 0.589. The Labute approximate surface area is 79.1 Å². The zero-order valence-electron chi connectivity index (χ0n) is 7.97. The molecule has 1 unspecified atom stereocenters. The summed E-state index contributed by atoms with van der Waals surface area (Å²) in [6.45, 7) is 4.09. The molecule has 0 rings (SSSR count). The van der Waals surface area contributed by atoms with Gasteiger partial charge in [-0.2, -0.15) is 11.8 Å². The normalized spacial score (nSPS) is 16.0. The summed E-state index contributed by atoms with van der Waals surface area (Å²) in [5, 5.41) is 12.9. The quantitative estimate of drug-likeness (QED) is 0.498. The van der Waals surface area contributed by atoms with Crippen molar-refractivity contribution in [3.05, 3.63) is 0 Å². The van der Waals surface area contributed by atoms with Crippen molar-refractivity contribution in [1.29, 1.82) is 0 Å². The van der Waals surface area contributed by atoms with E-state index in [4.69, 9.17) is 5.73 Å². The molecule has 0 radical (unpaired) electrons. The van der Waals surface area contributed by atoms with E-state index < -0.39 is 5.60 Å². The lowest BCUT2D eigenvalue weighted by Gasteiger charge is -2.22. The molecule has 0 aliphatic heterocycles. The molecule has 3 nitrogen and oxygen atoms in total. The molecule has 0 aliphatic rings. The largest absolute Gasteiger partial charge is 0.388 e. The van der Waals surface area contributed by atoms with Crippen LogP contribution in [-0.2, 0) is 0 Å². The van der Waals surface area contributed by atoms with Gasteiger partial charge in [-0.3, -0.25) is 0 Å². The Morgan fingerprint density at radius 3 is 2.75 bits per heavy atom. The molecule has 0 spiro atoms. The molecule has 0 bridgehead atoms. The van der Waals surface area contributed by atoms with Crippen LogP contribution in [0.25, 0.3) is 0 Å². The van der Waals surface area contributed by atoms with E-state index in [1.807, 2.05) is 13.2 Å². The van der Waals surface area contributed by atoms with E-state index in [2.05, 4.69) is 5.32 Å². The molecule has 0 saturated heterocycles. The number of hydrogen-bond donors (Lipinski definition) is 3. The zero-order chi connectivity index (χ0) is 9.45. The van der Waals surface area contributed by atoms with Crippen molar-refractivity contribution >= 4 is 11.8 Å². The maximum atomic E-state index is 9.70. The molecular formula is C8H20N2OS. The van der Waals surface area contributed by atoms with Crippen LogP contribution in [0.1, 0.15) is 13.3 Å². The van der Waals surface area contributed by atoms with E-state index in [0.29, 0.717) is 13.1 Å². The molecule has 4 N–H and O–H groups in total. The molecule has 0 heterocycles. The van der Waals surface area contributed by atoms with E-state index in [-0.39, 0.29) is 0 Å². The highest BCUT2D eigenvalue weighted by Gasteiger charge is 2.18. The summed E-state index contributed by atoms with van der Waals surface area (Å²) in [5.74, 6) is 0.766. The van der Waals surface area contributed by atoms with E-state index in [0.717, 1.165) is 18.7 Å². The van der Waals surface area contributed by atoms with Crippen molar-refractivity contribution in [3.63, 3.8) is 0 Å². The molecular weight excluding hydrogens is 172 g/mol. The van der Waals surface area contributed by atoms with Gasteiger partial charge in [-0.1, -0.05) is 0 Å². The molecule has 74 valence electrons. The Morgan fingerprint density at radius 1 is 1.58 bits per heavy atom. The van der Waals surface area contributed by atoms with Crippen molar-refractivity contribution in [2.45, 2.75) is 18.9 Å². The van der Waals surface area contributed by atoms with Crippen LogP contribution in [0.5, 0.6) is 0 Å². The Balaban J connectivity index is 3.33. The Morgan fingerprint density at radius 2 is 2.25 bits per heavy atom. The van der Waals surface area contributed by atoms with E-state index in [1.165, 1.54) is 0 Å². The third kappa shape index (κ3) is 6.91. The highest BCUT2D eigenvalue weighted by Crippen LogP contribution is 2.08. The van der Waals surface area contributed by atoms with Crippen LogP contribution in [0.2, 0.25) is 0 Å². The molecule has 0 aromatic rings. The summed E-state index contributed by atoms with van der Waals surface area (Å²) in [6, 6.07) is 0. The lowest BCUT2D eigenvalue weighted by atomic mass is 10.1. The van der Waals surface area contributed by atoms with Crippen LogP contribution in [0.4, 0.5) is 0 Å². The molecule has 0 amide bonds. The predicted octanol–water partition coefficient (Wildman–Crippen LogP) is 0.0388. The van der Waals surface area contributed by atoms with E-state index in [9.17, 15) is 5.11 Å². The van der Waals surface area contributed by atoms with Crippen LogP contribution in [-0.4, -0.2) is 42.4 Å². The molecule has 12 heavy (non-hydrogen) atoms. The third-order valence-electron chi connectivity index (χ3n) is 1.52. The van der Waals surface area contributed by atoms with Gasteiger partial charge in [-0.05, 0) is 32.7 Å². The number of aliphatic hydroxyl groups is 1. The highest BCUT2D eigenvalue weighted by atomic mass is 32.2. The lowest BCUT2D eigenvalue weighted by Crippen LogP contribution is -2.40.